The van der Waals surface area contributed by atoms with Gasteiger partial charge < -0.3 is 14.6 Å². The summed E-state index contributed by atoms with van der Waals surface area (Å²) in [6, 6.07) is 15.8. The molecule has 37 heavy (non-hydrogen) atoms. The van der Waals surface area contributed by atoms with Gasteiger partial charge in [-0.05, 0) is 79.3 Å². The summed E-state index contributed by atoms with van der Waals surface area (Å²) < 4.78 is 11.2. The number of ketones is 1. The van der Waals surface area contributed by atoms with Crippen molar-refractivity contribution in [2.24, 2.45) is 0 Å². The molecule has 0 spiro atoms. The van der Waals surface area contributed by atoms with Crippen molar-refractivity contribution in [3.05, 3.63) is 93.6 Å². The Bertz CT molecular complexity index is 1400. The third-order valence-corrected chi connectivity index (χ3v) is 6.82. The van der Waals surface area contributed by atoms with Crippen molar-refractivity contribution in [2.75, 3.05) is 19.1 Å². The Labute approximate surface area is 218 Å². The predicted molar refractivity (Wildman–Crippen MR) is 146 cm³/mol. The predicted octanol–water partition coefficient (Wildman–Crippen LogP) is 6.38. The van der Waals surface area contributed by atoms with Gasteiger partial charge in [-0.2, -0.15) is 0 Å². The number of aliphatic hydroxyl groups is 1. The molecule has 1 unspecified atom stereocenters. The van der Waals surface area contributed by atoms with Crippen LogP contribution in [0.15, 0.2) is 60.2 Å². The zero-order valence-corrected chi connectivity index (χ0v) is 22.4. The van der Waals surface area contributed by atoms with Gasteiger partial charge in [-0.1, -0.05) is 38.1 Å². The number of amides is 1. The van der Waals surface area contributed by atoms with Crippen LogP contribution in [0, 0.1) is 20.8 Å². The molecule has 4 rings (SSSR count). The van der Waals surface area contributed by atoms with E-state index in [0.29, 0.717) is 28.3 Å². The Morgan fingerprint density at radius 1 is 0.892 bits per heavy atom. The number of aliphatic hydroxyl groups excluding tert-OH is 1. The van der Waals surface area contributed by atoms with Crippen LogP contribution < -0.4 is 14.4 Å². The lowest BCUT2D eigenvalue weighted by Gasteiger charge is -2.27. The number of carbonyl (C=O) groups is 2. The molecule has 0 aromatic heterocycles. The van der Waals surface area contributed by atoms with E-state index in [9.17, 15) is 14.7 Å². The highest BCUT2D eigenvalue weighted by Gasteiger charge is 2.48. The molecule has 192 valence electrons. The molecule has 1 aliphatic heterocycles. The molecule has 1 heterocycles. The molecule has 1 saturated heterocycles. The number of aryl methyl sites for hydroxylation is 3. The van der Waals surface area contributed by atoms with Crippen molar-refractivity contribution in [3.8, 4) is 11.5 Å². The van der Waals surface area contributed by atoms with Gasteiger partial charge in [0, 0.05) is 16.8 Å². The lowest BCUT2D eigenvalue weighted by atomic mass is 9.90. The van der Waals surface area contributed by atoms with Gasteiger partial charge in [0.1, 0.15) is 17.3 Å². The Kier molecular flexibility index (Phi) is 7.12. The number of hydrogen-bond acceptors (Lipinski definition) is 5. The van der Waals surface area contributed by atoms with Gasteiger partial charge in [-0.15, -0.1) is 0 Å². The van der Waals surface area contributed by atoms with Gasteiger partial charge in [0.25, 0.3) is 11.7 Å². The molecule has 1 aliphatic rings. The second kappa shape index (κ2) is 10.1. The summed E-state index contributed by atoms with van der Waals surface area (Å²) >= 11 is 0. The maximum Gasteiger partial charge on any atom is 0.300 e. The van der Waals surface area contributed by atoms with Gasteiger partial charge in [0.2, 0.25) is 0 Å². The third kappa shape index (κ3) is 4.59. The van der Waals surface area contributed by atoms with Gasteiger partial charge in [-0.3, -0.25) is 14.5 Å². The summed E-state index contributed by atoms with van der Waals surface area (Å²) in [5, 5.41) is 11.7. The minimum absolute atomic E-state index is 0.0247. The lowest BCUT2D eigenvalue weighted by Crippen LogP contribution is -2.29. The van der Waals surface area contributed by atoms with Crippen molar-refractivity contribution in [1.29, 1.82) is 0 Å². The second-order valence-electron chi connectivity index (χ2n) is 9.82. The fraction of sp³-hybridized carbons (Fsp3) is 0.290. The number of rotatable bonds is 6. The zero-order valence-electron chi connectivity index (χ0n) is 22.4. The Balaban J connectivity index is 2.04. The van der Waals surface area contributed by atoms with Crippen LogP contribution in [0.5, 0.6) is 11.5 Å². The van der Waals surface area contributed by atoms with Crippen molar-refractivity contribution in [3.63, 3.8) is 0 Å². The summed E-state index contributed by atoms with van der Waals surface area (Å²) in [4.78, 5) is 28.7. The Hall–Kier alpha value is -4.06. The number of hydrogen-bond donors (Lipinski definition) is 1. The largest absolute Gasteiger partial charge is 0.507 e. The first-order valence-corrected chi connectivity index (χ1v) is 12.3. The smallest absolute Gasteiger partial charge is 0.300 e. The molecule has 1 fully saturated rings. The number of nitrogens with zero attached hydrogens (tertiary/aromatic N) is 1. The van der Waals surface area contributed by atoms with Crippen LogP contribution in [0.4, 0.5) is 5.69 Å². The van der Waals surface area contributed by atoms with E-state index < -0.39 is 17.7 Å². The summed E-state index contributed by atoms with van der Waals surface area (Å²) in [6.07, 6.45) is 0. The number of anilines is 1. The van der Waals surface area contributed by atoms with E-state index in [1.165, 1.54) is 4.90 Å². The van der Waals surface area contributed by atoms with Gasteiger partial charge in [0.05, 0.1) is 25.8 Å². The SMILES string of the molecule is COc1cc(C)c(/C(O)=C2\C(=O)C(=O)N(c3cc(C)cc(C)c3)C2c2ccccc2OC)cc1C(C)C. The molecule has 1 N–H and O–H groups in total. The lowest BCUT2D eigenvalue weighted by molar-refractivity contribution is -0.132. The first-order chi connectivity index (χ1) is 17.6. The number of carbonyl (C=O) groups excluding carboxylic acids is 2. The average molecular weight is 500 g/mol. The van der Waals surface area contributed by atoms with E-state index in [2.05, 4.69) is 0 Å². The molecule has 0 aliphatic carbocycles. The van der Waals surface area contributed by atoms with E-state index in [1.54, 1.807) is 20.3 Å². The van der Waals surface area contributed by atoms with Gasteiger partial charge in [0.15, 0.2) is 0 Å². The van der Waals surface area contributed by atoms with E-state index in [0.717, 1.165) is 22.3 Å². The molecule has 3 aromatic carbocycles. The Morgan fingerprint density at radius 3 is 2.11 bits per heavy atom. The van der Waals surface area contributed by atoms with Crippen molar-refractivity contribution < 1.29 is 24.2 Å². The summed E-state index contributed by atoms with van der Waals surface area (Å²) in [7, 11) is 3.15. The highest BCUT2D eigenvalue weighted by atomic mass is 16.5. The van der Waals surface area contributed by atoms with Crippen LogP contribution in [0.2, 0.25) is 0 Å². The van der Waals surface area contributed by atoms with Crippen molar-refractivity contribution in [1.82, 2.24) is 0 Å². The fourth-order valence-electron chi connectivity index (χ4n) is 5.10. The van der Waals surface area contributed by atoms with Crippen LogP contribution in [-0.2, 0) is 9.59 Å². The minimum Gasteiger partial charge on any atom is -0.507 e. The van der Waals surface area contributed by atoms with E-state index in [-0.39, 0.29) is 17.3 Å². The van der Waals surface area contributed by atoms with Gasteiger partial charge in [-0.25, -0.2) is 0 Å². The highest BCUT2D eigenvalue weighted by molar-refractivity contribution is 6.51. The molecule has 6 heteroatoms. The first kappa shape index (κ1) is 26.0. The maximum absolute atomic E-state index is 13.6. The van der Waals surface area contributed by atoms with Crippen LogP contribution in [0.3, 0.4) is 0 Å². The third-order valence-electron chi connectivity index (χ3n) is 6.82. The number of benzene rings is 3. The van der Waals surface area contributed by atoms with E-state index >= 15 is 0 Å². The highest BCUT2D eigenvalue weighted by Crippen LogP contribution is 2.46. The van der Waals surface area contributed by atoms with Crippen molar-refractivity contribution >= 4 is 23.1 Å². The van der Waals surface area contributed by atoms with Crippen LogP contribution in [0.25, 0.3) is 5.76 Å². The normalized spacial score (nSPS) is 17.0. The monoisotopic (exact) mass is 499 g/mol. The molecule has 0 bridgehead atoms. The quantitative estimate of drug-likeness (QED) is 0.242. The summed E-state index contributed by atoms with van der Waals surface area (Å²) in [5.41, 5.74) is 5.26. The molecule has 0 saturated carbocycles. The molecule has 0 radical (unpaired) electrons. The van der Waals surface area contributed by atoms with Crippen LogP contribution in [-0.4, -0.2) is 31.0 Å². The second-order valence-corrected chi connectivity index (χ2v) is 9.82. The zero-order chi connectivity index (χ0) is 27.0. The van der Waals surface area contributed by atoms with E-state index in [1.807, 2.05) is 83.1 Å². The summed E-state index contributed by atoms with van der Waals surface area (Å²) in [6.45, 7) is 9.80. The number of para-hydroxylation sites is 1. The maximum atomic E-state index is 13.6. The Morgan fingerprint density at radius 2 is 1.51 bits per heavy atom. The average Bonchev–Trinajstić information content (AvgIpc) is 3.12. The topological polar surface area (TPSA) is 76.1 Å². The van der Waals surface area contributed by atoms with E-state index in [4.69, 9.17) is 9.47 Å². The molecule has 6 nitrogen and oxygen atoms in total. The number of Topliss-reactive ketones (excluding diaryl/α,β-unsaturated/α-hetero) is 1. The molecular weight excluding hydrogens is 466 g/mol. The number of methoxy groups -OCH3 is 2. The van der Waals surface area contributed by atoms with Gasteiger partial charge >= 0.3 is 0 Å². The number of ether oxygens (including phenoxy) is 2. The fourth-order valence-corrected chi connectivity index (χ4v) is 5.10. The standard InChI is InChI=1S/C31H33NO5/c1-17(2)23-16-24(20(5)15-26(23)37-7)29(33)27-28(22-10-8-9-11-25(22)36-6)32(31(35)30(27)34)21-13-18(3)12-19(4)14-21/h8-17,28,33H,1-7H3/b29-27+. The molecular formula is C31H33NO5. The summed E-state index contributed by atoms with van der Waals surface area (Å²) in [5.74, 6) is -0.315. The van der Waals surface area contributed by atoms with Crippen molar-refractivity contribution in [2.45, 2.75) is 46.6 Å². The minimum atomic E-state index is -0.874. The molecule has 3 aromatic rings. The first-order valence-electron chi connectivity index (χ1n) is 12.3. The van der Waals surface area contributed by atoms with Crippen LogP contribution in [0.1, 0.15) is 59.2 Å². The molecule has 1 amide bonds. The van der Waals surface area contributed by atoms with Crippen LogP contribution >= 0.6 is 0 Å². The molecule has 1 atom stereocenters.